The van der Waals surface area contributed by atoms with Crippen molar-refractivity contribution in [2.24, 2.45) is 10.9 Å². The maximum absolute atomic E-state index is 12.4. The second-order valence-electron chi connectivity index (χ2n) is 6.53. The summed E-state index contributed by atoms with van der Waals surface area (Å²) in [5.74, 6) is -0.367. The second kappa shape index (κ2) is 11.7. The number of primary sulfonamides is 1. The number of hydrogen-bond donors (Lipinski definition) is 2. The van der Waals surface area contributed by atoms with Crippen molar-refractivity contribution in [3.05, 3.63) is 48.0 Å². The van der Waals surface area contributed by atoms with Gasteiger partial charge in [0.1, 0.15) is 10.6 Å². The van der Waals surface area contributed by atoms with E-state index in [2.05, 4.69) is 0 Å². The number of benzene rings is 2. The number of amides is 1. The van der Waals surface area contributed by atoms with Crippen LogP contribution in [0.25, 0.3) is 0 Å². The van der Waals surface area contributed by atoms with Crippen LogP contribution in [-0.4, -0.2) is 53.8 Å². The summed E-state index contributed by atoms with van der Waals surface area (Å²) in [6.45, 7) is 6.35. The standard InChI is InChI=1S/C21H29N3O6S/c1-3-28-12-10-24(11-13-29-4-2)18-14-16(21(22)25)15-19(31(23,26)27)20(18)30-17-8-6-5-7-9-17/h5-9,14-15H,3-4,10-13H2,1-2H3,(H2,22,25)(H2,23,26,27). The molecule has 0 atom stereocenters. The molecule has 1 amide bonds. The van der Waals surface area contributed by atoms with Gasteiger partial charge >= 0.3 is 0 Å². The first-order chi connectivity index (χ1) is 14.8. The van der Waals surface area contributed by atoms with E-state index < -0.39 is 15.9 Å². The number of nitrogens with zero attached hydrogens (tertiary/aromatic N) is 1. The largest absolute Gasteiger partial charge is 0.454 e. The molecule has 0 fully saturated rings. The smallest absolute Gasteiger partial charge is 0.248 e. The van der Waals surface area contributed by atoms with Gasteiger partial charge in [0.2, 0.25) is 15.9 Å². The molecule has 0 saturated carbocycles. The number of carbonyl (C=O) groups excluding carboxylic acids is 1. The maximum atomic E-state index is 12.4. The van der Waals surface area contributed by atoms with Gasteiger partial charge in [0.25, 0.3) is 0 Å². The van der Waals surface area contributed by atoms with Crippen LogP contribution in [0.15, 0.2) is 47.4 Å². The summed E-state index contributed by atoms with van der Waals surface area (Å²) in [7, 11) is -4.24. The molecule has 0 unspecified atom stereocenters. The van der Waals surface area contributed by atoms with Crippen molar-refractivity contribution in [3.63, 3.8) is 0 Å². The molecule has 170 valence electrons. The first-order valence-corrected chi connectivity index (χ1v) is 11.5. The van der Waals surface area contributed by atoms with Crippen molar-refractivity contribution >= 4 is 21.6 Å². The van der Waals surface area contributed by atoms with Crippen molar-refractivity contribution < 1.29 is 27.4 Å². The van der Waals surface area contributed by atoms with Gasteiger partial charge in [-0.25, -0.2) is 13.6 Å². The van der Waals surface area contributed by atoms with Crippen molar-refractivity contribution in [3.8, 4) is 11.5 Å². The highest BCUT2D eigenvalue weighted by Crippen LogP contribution is 2.39. The molecule has 0 bridgehead atoms. The fourth-order valence-electron chi connectivity index (χ4n) is 2.88. The third-order valence-electron chi connectivity index (χ3n) is 4.35. The van der Waals surface area contributed by atoms with Crippen molar-refractivity contribution in [2.45, 2.75) is 18.7 Å². The van der Waals surface area contributed by atoms with Gasteiger partial charge < -0.3 is 24.8 Å². The zero-order valence-electron chi connectivity index (χ0n) is 17.7. The van der Waals surface area contributed by atoms with Crippen molar-refractivity contribution in [1.29, 1.82) is 0 Å². The van der Waals surface area contributed by atoms with Gasteiger partial charge in [-0.2, -0.15) is 0 Å². The van der Waals surface area contributed by atoms with E-state index in [1.54, 1.807) is 30.3 Å². The SMILES string of the molecule is CCOCCN(CCOCC)c1cc(C(N)=O)cc(S(N)(=O)=O)c1Oc1ccccc1. The second-order valence-corrected chi connectivity index (χ2v) is 8.06. The number of nitrogens with two attached hydrogens (primary N) is 2. The minimum absolute atomic E-state index is 0.00254. The molecule has 0 spiro atoms. The molecule has 0 saturated heterocycles. The van der Waals surface area contributed by atoms with E-state index >= 15 is 0 Å². The number of ether oxygens (including phenoxy) is 3. The van der Waals surface area contributed by atoms with Gasteiger partial charge in [0.05, 0.1) is 18.9 Å². The lowest BCUT2D eigenvalue weighted by molar-refractivity contribution is 0.1000. The van der Waals surface area contributed by atoms with Gasteiger partial charge in [-0.15, -0.1) is 0 Å². The van der Waals surface area contributed by atoms with Gasteiger partial charge in [0, 0.05) is 31.9 Å². The van der Waals surface area contributed by atoms with Gasteiger partial charge in [-0.3, -0.25) is 4.79 Å². The molecule has 0 radical (unpaired) electrons. The molecule has 4 N–H and O–H groups in total. The number of hydrogen-bond acceptors (Lipinski definition) is 7. The fraction of sp³-hybridized carbons (Fsp3) is 0.381. The number of sulfonamides is 1. The highest BCUT2D eigenvalue weighted by atomic mass is 32.2. The molecular weight excluding hydrogens is 422 g/mol. The number of para-hydroxylation sites is 1. The Balaban J connectivity index is 2.65. The molecule has 0 aliphatic rings. The summed E-state index contributed by atoms with van der Waals surface area (Å²) in [6, 6.07) is 11.3. The summed E-state index contributed by atoms with van der Waals surface area (Å²) in [4.78, 5) is 13.4. The van der Waals surface area contributed by atoms with E-state index in [9.17, 15) is 13.2 Å². The average Bonchev–Trinajstić information content (AvgIpc) is 2.73. The Morgan fingerprint density at radius 2 is 1.58 bits per heavy atom. The normalized spacial score (nSPS) is 11.3. The van der Waals surface area contributed by atoms with E-state index in [0.29, 0.717) is 51.0 Å². The fourth-order valence-corrected chi connectivity index (χ4v) is 3.57. The van der Waals surface area contributed by atoms with Crippen molar-refractivity contribution in [1.82, 2.24) is 0 Å². The lowest BCUT2D eigenvalue weighted by atomic mass is 10.1. The molecule has 10 heteroatoms. The quantitative estimate of drug-likeness (QED) is 0.445. The van der Waals surface area contributed by atoms with Crippen LogP contribution in [0.2, 0.25) is 0 Å². The Hall–Kier alpha value is -2.66. The molecule has 0 aliphatic carbocycles. The van der Waals surface area contributed by atoms with Crippen LogP contribution < -0.4 is 20.5 Å². The molecule has 9 nitrogen and oxygen atoms in total. The highest BCUT2D eigenvalue weighted by molar-refractivity contribution is 7.89. The van der Waals surface area contributed by atoms with Crippen LogP contribution in [0.3, 0.4) is 0 Å². The zero-order valence-corrected chi connectivity index (χ0v) is 18.6. The van der Waals surface area contributed by atoms with Gasteiger partial charge in [-0.1, -0.05) is 18.2 Å². The summed E-state index contributed by atoms with van der Waals surface area (Å²) in [5, 5.41) is 5.46. The number of primary amides is 1. The predicted octanol–water partition coefficient (Wildman–Crippen LogP) is 2.10. The van der Waals surface area contributed by atoms with E-state index in [-0.39, 0.29) is 16.2 Å². The Labute approximate surface area is 182 Å². The first-order valence-electron chi connectivity index (χ1n) is 9.91. The molecule has 0 heterocycles. The number of anilines is 1. The minimum atomic E-state index is -4.24. The molecule has 2 rings (SSSR count). The van der Waals surface area contributed by atoms with E-state index in [1.807, 2.05) is 18.7 Å². The Bertz CT molecular complexity index is 957. The molecule has 0 aliphatic heterocycles. The Morgan fingerprint density at radius 1 is 1.00 bits per heavy atom. The lowest BCUT2D eigenvalue weighted by Crippen LogP contribution is -2.32. The van der Waals surface area contributed by atoms with Crippen molar-refractivity contribution in [2.75, 3.05) is 44.4 Å². The first kappa shape index (κ1) is 24.6. The van der Waals surface area contributed by atoms with Crippen LogP contribution in [0.4, 0.5) is 5.69 Å². The van der Waals surface area contributed by atoms with Crippen LogP contribution in [0.1, 0.15) is 24.2 Å². The zero-order chi connectivity index (χ0) is 22.9. The van der Waals surface area contributed by atoms with Crippen LogP contribution in [-0.2, 0) is 19.5 Å². The van der Waals surface area contributed by atoms with Gasteiger partial charge in [0.15, 0.2) is 5.75 Å². The summed E-state index contributed by atoms with van der Waals surface area (Å²) >= 11 is 0. The minimum Gasteiger partial charge on any atom is -0.454 e. The third kappa shape index (κ3) is 7.21. The monoisotopic (exact) mass is 451 g/mol. The summed E-state index contributed by atoms with van der Waals surface area (Å²) in [5.41, 5.74) is 5.81. The molecule has 31 heavy (non-hydrogen) atoms. The van der Waals surface area contributed by atoms with Gasteiger partial charge in [-0.05, 0) is 38.1 Å². The molecule has 2 aromatic carbocycles. The molecule has 2 aromatic rings. The maximum Gasteiger partial charge on any atom is 0.248 e. The molecular formula is C21H29N3O6S. The van der Waals surface area contributed by atoms with E-state index in [1.165, 1.54) is 6.07 Å². The van der Waals surface area contributed by atoms with Crippen LogP contribution in [0, 0.1) is 0 Å². The lowest BCUT2D eigenvalue weighted by Gasteiger charge is -2.28. The Kier molecular flexibility index (Phi) is 9.25. The molecule has 0 aromatic heterocycles. The summed E-state index contributed by atoms with van der Waals surface area (Å²) in [6.07, 6.45) is 0. The predicted molar refractivity (Wildman–Crippen MR) is 118 cm³/mol. The number of carbonyl (C=O) groups is 1. The third-order valence-corrected chi connectivity index (χ3v) is 5.27. The Morgan fingerprint density at radius 3 is 2.06 bits per heavy atom. The van der Waals surface area contributed by atoms with E-state index in [4.69, 9.17) is 25.1 Å². The van der Waals surface area contributed by atoms with Crippen LogP contribution >= 0.6 is 0 Å². The average molecular weight is 452 g/mol. The number of rotatable bonds is 13. The van der Waals surface area contributed by atoms with Crippen LogP contribution in [0.5, 0.6) is 11.5 Å². The summed E-state index contributed by atoms with van der Waals surface area (Å²) < 4.78 is 41.7. The highest BCUT2D eigenvalue weighted by Gasteiger charge is 2.26. The topological polar surface area (TPSA) is 134 Å². The van der Waals surface area contributed by atoms with E-state index in [0.717, 1.165) is 6.07 Å².